The van der Waals surface area contributed by atoms with Gasteiger partial charge in [-0.1, -0.05) is 18.2 Å². The lowest BCUT2D eigenvalue weighted by molar-refractivity contribution is 0.522. The molecule has 3 rings (SSSR count). The second kappa shape index (κ2) is 4.27. The second-order valence-electron chi connectivity index (χ2n) is 3.90. The number of hydrogen-bond donors (Lipinski definition) is 1. The van der Waals surface area contributed by atoms with Crippen molar-refractivity contribution in [2.75, 3.05) is 5.32 Å². The summed E-state index contributed by atoms with van der Waals surface area (Å²) in [5.41, 5.74) is 1.39. The first-order chi connectivity index (χ1) is 8.74. The van der Waals surface area contributed by atoms with Gasteiger partial charge in [-0.2, -0.15) is 4.98 Å². The summed E-state index contributed by atoms with van der Waals surface area (Å²) in [6.07, 6.45) is 0. The fourth-order valence-electron chi connectivity index (χ4n) is 1.71. The van der Waals surface area contributed by atoms with Gasteiger partial charge in [0.05, 0.1) is 5.39 Å². The van der Waals surface area contributed by atoms with E-state index in [0.29, 0.717) is 10.2 Å². The van der Waals surface area contributed by atoms with Crippen molar-refractivity contribution in [3.05, 3.63) is 51.7 Å². The molecule has 0 saturated carbocycles. The number of nitrogens with zero attached hydrogens (tertiary/aromatic N) is 1. The molecule has 0 amide bonds. The highest BCUT2D eigenvalue weighted by molar-refractivity contribution is 7.16. The van der Waals surface area contributed by atoms with Crippen LogP contribution in [0.3, 0.4) is 0 Å². The Balaban J connectivity index is 2.06. The summed E-state index contributed by atoms with van der Waals surface area (Å²) in [5, 5.41) is 5.45. The summed E-state index contributed by atoms with van der Waals surface area (Å²) in [4.78, 5) is 16.8. The molecule has 2 heterocycles. The van der Waals surface area contributed by atoms with Crippen LogP contribution in [-0.2, 0) is 0 Å². The maximum absolute atomic E-state index is 11.8. The van der Waals surface area contributed by atoms with Crippen molar-refractivity contribution in [1.29, 1.82) is 0 Å². The van der Waals surface area contributed by atoms with Crippen LogP contribution in [0, 0.1) is 6.92 Å². The zero-order valence-electron chi connectivity index (χ0n) is 9.64. The molecule has 0 aliphatic rings. The van der Waals surface area contributed by atoms with E-state index in [2.05, 4.69) is 10.3 Å². The van der Waals surface area contributed by atoms with E-state index in [-0.39, 0.29) is 11.6 Å². The first-order valence-corrected chi connectivity index (χ1v) is 6.33. The summed E-state index contributed by atoms with van der Waals surface area (Å²) < 4.78 is 5.16. The lowest BCUT2D eigenvalue weighted by Gasteiger charge is -2.02. The first-order valence-electron chi connectivity index (χ1n) is 5.45. The molecular weight excluding hydrogens is 248 g/mol. The van der Waals surface area contributed by atoms with Crippen LogP contribution >= 0.6 is 11.3 Å². The van der Waals surface area contributed by atoms with Gasteiger partial charge in [0.15, 0.2) is 0 Å². The van der Waals surface area contributed by atoms with Crippen molar-refractivity contribution >= 4 is 33.3 Å². The third-order valence-electron chi connectivity index (χ3n) is 2.58. The Hall–Kier alpha value is -2.14. The SMILES string of the molecule is Cc1csc2nc(Nc3ccccc3)oc(=O)c12. The monoisotopic (exact) mass is 258 g/mol. The van der Waals surface area contributed by atoms with E-state index in [9.17, 15) is 4.79 Å². The molecule has 0 aliphatic heterocycles. The van der Waals surface area contributed by atoms with Gasteiger partial charge in [-0.15, -0.1) is 11.3 Å². The van der Waals surface area contributed by atoms with Gasteiger partial charge in [-0.25, -0.2) is 4.79 Å². The summed E-state index contributed by atoms with van der Waals surface area (Å²) >= 11 is 1.44. The van der Waals surface area contributed by atoms with Gasteiger partial charge in [0.2, 0.25) is 0 Å². The highest BCUT2D eigenvalue weighted by atomic mass is 32.1. The number of aryl methyl sites for hydroxylation is 1. The Labute approximate surface area is 107 Å². The third-order valence-corrected chi connectivity index (χ3v) is 3.57. The Kier molecular flexibility index (Phi) is 2.60. The number of fused-ring (bicyclic) bond motifs is 1. The zero-order chi connectivity index (χ0) is 12.5. The van der Waals surface area contributed by atoms with Gasteiger partial charge in [-0.3, -0.25) is 0 Å². The van der Waals surface area contributed by atoms with E-state index in [4.69, 9.17) is 4.42 Å². The highest BCUT2D eigenvalue weighted by Crippen LogP contribution is 2.22. The predicted molar refractivity (Wildman–Crippen MR) is 72.6 cm³/mol. The molecule has 1 aromatic carbocycles. The number of benzene rings is 1. The molecule has 0 saturated heterocycles. The first kappa shape index (κ1) is 11.0. The summed E-state index contributed by atoms with van der Waals surface area (Å²) in [5.74, 6) is 0. The molecular formula is C13H10N2O2S. The van der Waals surface area contributed by atoms with Crippen LogP contribution < -0.4 is 10.9 Å². The van der Waals surface area contributed by atoms with E-state index < -0.39 is 0 Å². The van der Waals surface area contributed by atoms with Crippen molar-refractivity contribution in [1.82, 2.24) is 4.98 Å². The van der Waals surface area contributed by atoms with Crippen LogP contribution in [0.2, 0.25) is 0 Å². The fourth-order valence-corrected chi connectivity index (χ4v) is 2.62. The standard InChI is InChI=1S/C13H10N2O2S/c1-8-7-18-11-10(8)12(16)17-13(15-11)14-9-5-3-2-4-6-9/h2-7H,1H3,(H,14,15). The maximum atomic E-state index is 11.8. The molecule has 0 bridgehead atoms. The molecule has 2 aromatic heterocycles. The normalized spacial score (nSPS) is 10.7. The van der Waals surface area contributed by atoms with E-state index in [1.54, 1.807) is 0 Å². The van der Waals surface area contributed by atoms with Crippen molar-refractivity contribution < 1.29 is 4.42 Å². The van der Waals surface area contributed by atoms with Gasteiger partial charge in [0, 0.05) is 5.69 Å². The molecule has 1 N–H and O–H groups in total. The van der Waals surface area contributed by atoms with Crippen molar-refractivity contribution in [3.8, 4) is 0 Å². The maximum Gasteiger partial charge on any atom is 0.349 e. The quantitative estimate of drug-likeness (QED) is 0.766. The van der Waals surface area contributed by atoms with Gasteiger partial charge in [0.25, 0.3) is 0 Å². The van der Waals surface area contributed by atoms with E-state index >= 15 is 0 Å². The van der Waals surface area contributed by atoms with Crippen LogP contribution in [0.4, 0.5) is 11.7 Å². The van der Waals surface area contributed by atoms with E-state index in [1.165, 1.54) is 11.3 Å². The Morgan fingerprint density at radius 1 is 1.28 bits per heavy atom. The average molecular weight is 258 g/mol. The fraction of sp³-hybridized carbons (Fsp3) is 0.0769. The Morgan fingerprint density at radius 2 is 2.06 bits per heavy atom. The van der Waals surface area contributed by atoms with Gasteiger partial charge in [-0.05, 0) is 30.0 Å². The zero-order valence-corrected chi connectivity index (χ0v) is 10.5. The lowest BCUT2D eigenvalue weighted by atomic mass is 10.3. The molecule has 0 spiro atoms. The minimum absolute atomic E-state index is 0.223. The second-order valence-corrected chi connectivity index (χ2v) is 4.75. The molecule has 0 fully saturated rings. The van der Waals surface area contributed by atoms with Crippen LogP contribution in [0.1, 0.15) is 5.56 Å². The molecule has 18 heavy (non-hydrogen) atoms. The molecule has 90 valence electrons. The number of nitrogens with one attached hydrogen (secondary N) is 1. The number of anilines is 2. The number of thiophene rings is 1. The lowest BCUT2D eigenvalue weighted by Crippen LogP contribution is -2.04. The predicted octanol–water partition coefficient (Wildman–Crippen LogP) is 3.30. The van der Waals surface area contributed by atoms with Crippen LogP contribution in [0.5, 0.6) is 0 Å². The average Bonchev–Trinajstić information content (AvgIpc) is 2.72. The topological polar surface area (TPSA) is 55.1 Å². The van der Waals surface area contributed by atoms with Gasteiger partial charge >= 0.3 is 11.6 Å². The molecule has 3 aromatic rings. The summed E-state index contributed by atoms with van der Waals surface area (Å²) in [6, 6.07) is 9.70. The number of rotatable bonds is 2. The van der Waals surface area contributed by atoms with Gasteiger partial charge in [0.1, 0.15) is 4.83 Å². The van der Waals surface area contributed by atoms with Crippen molar-refractivity contribution in [2.24, 2.45) is 0 Å². The molecule has 4 nitrogen and oxygen atoms in total. The minimum Gasteiger partial charge on any atom is -0.388 e. The molecule has 0 unspecified atom stereocenters. The van der Waals surface area contributed by atoms with E-state index in [0.717, 1.165) is 11.3 Å². The van der Waals surface area contributed by atoms with Crippen molar-refractivity contribution in [2.45, 2.75) is 6.92 Å². The smallest absolute Gasteiger partial charge is 0.349 e. The minimum atomic E-state index is -0.350. The Morgan fingerprint density at radius 3 is 2.83 bits per heavy atom. The van der Waals surface area contributed by atoms with Crippen LogP contribution in [-0.4, -0.2) is 4.98 Å². The van der Waals surface area contributed by atoms with Gasteiger partial charge < -0.3 is 9.73 Å². The molecule has 0 aliphatic carbocycles. The summed E-state index contributed by atoms with van der Waals surface area (Å²) in [6.45, 7) is 1.88. The third kappa shape index (κ3) is 1.89. The largest absolute Gasteiger partial charge is 0.388 e. The number of aromatic nitrogens is 1. The van der Waals surface area contributed by atoms with Crippen molar-refractivity contribution in [3.63, 3.8) is 0 Å². The van der Waals surface area contributed by atoms with E-state index in [1.807, 2.05) is 42.6 Å². The van der Waals surface area contributed by atoms with Crippen LogP contribution in [0.15, 0.2) is 44.9 Å². The summed E-state index contributed by atoms with van der Waals surface area (Å²) in [7, 11) is 0. The van der Waals surface area contributed by atoms with Crippen LogP contribution in [0.25, 0.3) is 10.2 Å². The number of para-hydroxylation sites is 1. The molecule has 5 heteroatoms. The Bertz CT molecular complexity index is 747. The molecule has 0 radical (unpaired) electrons. The number of hydrogen-bond acceptors (Lipinski definition) is 5. The highest BCUT2D eigenvalue weighted by Gasteiger charge is 2.10. The molecule has 0 atom stereocenters.